The summed E-state index contributed by atoms with van der Waals surface area (Å²) >= 11 is 0. The van der Waals surface area contributed by atoms with Gasteiger partial charge in [0, 0.05) is 18.0 Å². The number of ether oxygens (including phenoxy) is 1. The minimum Gasteiger partial charge on any atom is -0.465 e. The molecule has 1 aromatic heterocycles. The lowest BCUT2D eigenvalue weighted by atomic mass is 9.92. The SMILES string of the molecule is COC(=O)c1ccc(-c2nccn2-c2c(C(C)C)cccc2C(C)C)cc1. The minimum atomic E-state index is -0.336. The second-order valence-electron chi connectivity index (χ2n) is 7.28. The van der Waals surface area contributed by atoms with Gasteiger partial charge in [0.1, 0.15) is 5.82 Å². The predicted molar refractivity (Wildman–Crippen MR) is 109 cm³/mol. The average Bonchev–Trinajstić information content (AvgIpc) is 3.16. The molecule has 4 heteroatoms. The first-order valence-corrected chi connectivity index (χ1v) is 9.29. The number of carbonyl (C=O) groups is 1. The lowest BCUT2D eigenvalue weighted by Gasteiger charge is -2.21. The van der Waals surface area contributed by atoms with Crippen molar-refractivity contribution in [1.29, 1.82) is 0 Å². The summed E-state index contributed by atoms with van der Waals surface area (Å²) in [5.41, 5.74) is 5.29. The molecule has 0 aliphatic heterocycles. The van der Waals surface area contributed by atoms with Gasteiger partial charge in [0.15, 0.2) is 0 Å². The molecule has 0 amide bonds. The normalized spacial score (nSPS) is 11.2. The van der Waals surface area contributed by atoms with Crippen LogP contribution in [0, 0.1) is 0 Å². The Morgan fingerprint density at radius 1 is 0.963 bits per heavy atom. The molecule has 2 aromatic carbocycles. The molecular formula is C23H26N2O2. The fraction of sp³-hybridized carbons (Fsp3) is 0.304. The molecule has 0 aliphatic rings. The number of hydrogen-bond donors (Lipinski definition) is 0. The largest absolute Gasteiger partial charge is 0.465 e. The number of carbonyl (C=O) groups excluding carboxylic acids is 1. The molecule has 0 atom stereocenters. The molecule has 0 saturated heterocycles. The van der Waals surface area contributed by atoms with E-state index >= 15 is 0 Å². The van der Waals surface area contributed by atoms with Crippen LogP contribution in [0.4, 0.5) is 0 Å². The van der Waals surface area contributed by atoms with E-state index in [2.05, 4.69) is 55.4 Å². The fourth-order valence-corrected chi connectivity index (χ4v) is 3.36. The highest BCUT2D eigenvalue weighted by atomic mass is 16.5. The minimum absolute atomic E-state index is 0.336. The lowest BCUT2D eigenvalue weighted by Crippen LogP contribution is -2.08. The maximum Gasteiger partial charge on any atom is 0.337 e. The van der Waals surface area contributed by atoms with Gasteiger partial charge >= 0.3 is 5.97 Å². The molecule has 3 rings (SSSR count). The Kier molecular flexibility index (Phi) is 5.45. The Morgan fingerprint density at radius 2 is 1.56 bits per heavy atom. The first-order chi connectivity index (χ1) is 12.9. The van der Waals surface area contributed by atoms with E-state index in [1.165, 1.54) is 23.9 Å². The van der Waals surface area contributed by atoms with Crippen molar-refractivity contribution in [1.82, 2.24) is 9.55 Å². The standard InChI is InChI=1S/C23H26N2O2/c1-15(2)19-7-6-8-20(16(3)4)21(19)25-14-13-24-22(25)17-9-11-18(12-10-17)23(26)27-5/h6-16H,1-5H3. The van der Waals surface area contributed by atoms with E-state index in [1.807, 2.05) is 24.5 Å². The van der Waals surface area contributed by atoms with Crippen LogP contribution < -0.4 is 0 Å². The van der Waals surface area contributed by atoms with Crippen LogP contribution in [0.2, 0.25) is 0 Å². The third-order valence-electron chi connectivity index (χ3n) is 4.79. The van der Waals surface area contributed by atoms with Crippen molar-refractivity contribution in [3.63, 3.8) is 0 Å². The Hall–Kier alpha value is -2.88. The maximum atomic E-state index is 11.7. The molecule has 0 aliphatic carbocycles. The number of esters is 1. The van der Waals surface area contributed by atoms with Crippen LogP contribution >= 0.6 is 0 Å². The molecule has 4 nitrogen and oxygen atoms in total. The molecule has 0 radical (unpaired) electrons. The molecule has 27 heavy (non-hydrogen) atoms. The Bertz CT molecular complexity index is 911. The maximum absolute atomic E-state index is 11.7. The van der Waals surface area contributed by atoms with E-state index < -0.39 is 0 Å². The second-order valence-corrected chi connectivity index (χ2v) is 7.28. The first kappa shape index (κ1) is 18.9. The summed E-state index contributed by atoms with van der Waals surface area (Å²) in [5.74, 6) is 1.32. The molecule has 140 valence electrons. The Morgan fingerprint density at radius 3 is 2.07 bits per heavy atom. The van der Waals surface area contributed by atoms with E-state index in [0.29, 0.717) is 17.4 Å². The number of aromatic nitrogens is 2. The highest BCUT2D eigenvalue weighted by Gasteiger charge is 2.18. The zero-order chi connectivity index (χ0) is 19.6. The molecule has 1 heterocycles. The van der Waals surface area contributed by atoms with Crippen LogP contribution in [0.5, 0.6) is 0 Å². The van der Waals surface area contributed by atoms with Gasteiger partial charge in [-0.1, -0.05) is 58.0 Å². The van der Waals surface area contributed by atoms with Crippen molar-refractivity contribution < 1.29 is 9.53 Å². The van der Waals surface area contributed by atoms with Crippen molar-refractivity contribution in [2.75, 3.05) is 7.11 Å². The quantitative estimate of drug-likeness (QED) is 0.557. The van der Waals surface area contributed by atoms with E-state index in [4.69, 9.17) is 4.74 Å². The van der Waals surface area contributed by atoms with Gasteiger partial charge in [-0.15, -0.1) is 0 Å². The molecule has 0 N–H and O–H groups in total. The van der Waals surface area contributed by atoms with Gasteiger partial charge in [-0.2, -0.15) is 0 Å². The van der Waals surface area contributed by atoms with Crippen LogP contribution in [-0.2, 0) is 4.74 Å². The van der Waals surface area contributed by atoms with Crippen LogP contribution in [0.25, 0.3) is 17.1 Å². The van der Waals surface area contributed by atoms with Crippen LogP contribution in [0.15, 0.2) is 54.9 Å². The van der Waals surface area contributed by atoms with Crippen molar-refractivity contribution in [2.45, 2.75) is 39.5 Å². The summed E-state index contributed by atoms with van der Waals surface area (Å²) in [4.78, 5) is 16.3. The summed E-state index contributed by atoms with van der Waals surface area (Å²) < 4.78 is 6.95. The van der Waals surface area contributed by atoms with Crippen molar-refractivity contribution >= 4 is 5.97 Å². The zero-order valence-corrected chi connectivity index (χ0v) is 16.6. The molecule has 0 spiro atoms. The summed E-state index contributed by atoms with van der Waals surface area (Å²) in [6.07, 6.45) is 3.83. The topological polar surface area (TPSA) is 44.1 Å². The number of para-hydroxylation sites is 1. The zero-order valence-electron chi connectivity index (χ0n) is 16.6. The average molecular weight is 362 g/mol. The predicted octanol–water partition coefficient (Wildman–Crippen LogP) is 5.57. The number of benzene rings is 2. The van der Waals surface area contributed by atoms with Crippen molar-refractivity contribution in [2.24, 2.45) is 0 Å². The number of imidazole rings is 1. The lowest BCUT2D eigenvalue weighted by molar-refractivity contribution is 0.0601. The van der Waals surface area contributed by atoms with Gasteiger partial charge in [0.05, 0.1) is 18.4 Å². The summed E-state index contributed by atoms with van der Waals surface area (Å²) in [6.45, 7) is 8.85. The van der Waals surface area contributed by atoms with Crippen molar-refractivity contribution in [3.8, 4) is 17.1 Å². The Balaban J connectivity index is 2.15. The molecule has 0 unspecified atom stereocenters. The third kappa shape index (κ3) is 3.65. The van der Waals surface area contributed by atoms with Gasteiger partial charge < -0.3 is 4.74 Å². The number of methoxy groups -OCH3 is 1. The van der Waals surface area contributed by atoms with Crippen LogP contribution in [0.1, 0.15) is 61.0 Å². The number of nitrogens with zero attached hydrogens (tertiary/aromatic N) is 2. The van der Waals surface area contributed by atoms with Gasteiger partial charge in [-0.25, -0.2) is 9.78 Å². The monoisotopic (exact) mass is 362 g/mol. The van der Waals surface area contributed by atoms with E-state index in [0.717, 1.165) is 11.4 Å². The van der Waals surface area contributed by atoms with E-state index in [-0.39, 0.29) is 5.97 Å². The first-order valence-electron chi connectivity index (χ1n) is 9.29. The fourth-order valence-electron chi connectivity index (χ4n) is 3.36. The summed E-state index contributed by atoms with van der Waals surface area (Å²) in [6, 6.07) is 13.9. The molecule has 3 aromatic rings. The molecule has 0 fully saturated rings. The molecule has 0 bridgehead atoms. The van der Waals surface area contributed by atoms with Crippen molar-refractivity contribution in [3.05, 3.63) is 71.5 Å². The Labute approximate surface area is 160 Å². The van der Waals surface area contributed by atoms with Gasteiger partial charge in [-0.05, 0) is 35.1 Å². The van der Waals surface area contributed by atoms with Gasteiger partial charge in [0.2, 0.25) is 0 Å². The summed E-state index contributed by atoms with van der Waals surface area (Å²) in [7, 11) is 1.39. The smallest absolute Gasteiger partial charge is 0.337 e. The second kappa shape index (κ2) is 7.78. The van der Waals surface area contributed by atoms with Gasteiger partial charge in [-0.3, -0.25) is 4.57 Å². The van der Waals surface area contributed by atoms with E-state index in [9.17, 15) is 4.79 Å². The highest BCUT2D eigenvalue weighted by molar-refractivity contribution is 5.89. The van der Waals surface area contributed by atoms with Gasteiger partial charge in [0.25, 0.3) is 0 Å². The summed E-state index contributed by atoms with van der Waals surface area (Å²) in [5, 5.41) is 0. The molecular weight excluding hydrogens is 336 g/mol. The third-order valence-corrected chi connectivity index (χ3v) is 4.79. The van der Waals surface area contributed by atoms with Crippen LogP contribution in [0.3, 0.4) is 0 Å². The van der Waals surface area contributed by atoms with Crippen LogP contribution in [-0.4, -0.2) is 22.6 Å². The van der Waals surface area contributed by atoms with E-state index in [1.54, 1.807) is 12.1 Å². The highest BCUT2D eigenvalue weighted by Crippen LogP contribution is 2.33. The molecule has 0 saturated carbocycles. The number of hydrogen-bond acceptors (Lipinski definition) is 3. The number of rotatable bonds is 5.